The van der Waals surface area contributed by atoms with Crippen molar-refractivity contribution in [3.05, 3.63) is 50.8 Å². The summed E-state index contributed by atoms with van der Waals surface area (Å²) in [6, 6.07) is 5.07. The minimum absolute atomic E-state index is 0.301. The Hall–Kier alpha value is -0.700. The molecule has 102 valence electrons. The normalized spacial score (nSPS) is 19.5. The van der Waals surface area contributed by atoms with E-state index in [2.05, 4.69) is 0 Å². The Kier molecular flexibility index (Phi) is 4.44. The second kappa shape index (κ2) is 5.74. The molecule has 0 radical (unpaired) electrons. The van der Waals surface area contributed by atoms with E-state index in [0.717, 1.165) is 5.69 Å². The first-order chi connectivity index (χ1) is 8.90. The van der Waals surface area contributed by atoms with E-state index in [1.807, 2.05) is 25.1 Å². The fourth-order valence-electron chi connectivity index (χ4n) is 2.04. The summed E-state index contributed by atoms with van der Waals surface area (Å²) in [5.74, 6) is -0.618. The van der Waals surface area contributed by atoms with E-state index in [9.17, 15) is 4.39 Å². The maximum Gasteiger partial charge on any atom is 0.129 e. The quantitative estimate of drug-likeness (QED) is 0.724. The highest BCUT2D eigenvalue weighted by molar-refractivity contribution is 6.42. The second-order valence-corrected chi connectivity index (χ2v) is 5.94. The van der Waals surface area contributed by atoms with E-state index in [-0.39, 0.29) is 11.7 Å². The van der Waals surface area contributed by atoms with Gasteiger partial charge in [-0.1, -0.05) is 40.9 Å². The van der Waals surface area contributed by atoms with Crippen LogP contribution < -0.4 is 4.90 Å². The Morgan fingerprint density at radius 3 is 2.47 bits per heavy atom. The average molecular weight is 321 g/mol. The summed E-state index contributed by atoms with van der Waals surface area (Å²) in [7, 11) is 3.72. The van der Waals surface area contributed by atoms with Gasteiger partial charge in [0.1, 0.15) is 5.82 Å². The highest BCUT2D eigenvalue weighted by Crippen LogP contribution is 2.42. The van der Waals surface area contributed by atoms with E-state index >= 15 is 0 Å². The zero-order chi connectivity index (χ0) is 14.2. The van der Waals surface area contributed by atoms with Crippen molar-refractivity contribution in [2.45, 2.75) is 12.3 Å². The van der Waals surface area contributed by atoms with Gasteiger partial charge < -0.3 is 4.90 Å². The molecule has 0 saturated carbocycles. The molecule has 1 aromatic carbocycles. The Labute approximate surface area is 127 Å². The van der Waals surface area contributed by atoms with E-state index < -0.39 is 0 Å². The number of halogens is 4. The Morgan fingerprint density at radius 2 is 1.89 bits per heavy atom. The zero-order valence-corrected chi connectivity index (χ0v) is 12.8. The molecular formula is C14H13Cl3FN. The Balaban J connectivity index is 2.41. The van der Waals surface area contributed by atoms with Gasteiger partial charge in [0.2, 0.25) is 0 Å². The smallest absolute Gasteiger partial charge is 0.129 e. The van der Waals surface area contributed by atoms with Gasteiger partial charge in [-0.05, 0) is 30.2 Å². The molecule has 1 aliphatic rings. The molecule has 0 spiro atoms. The van der Waals surface area contributed by atoms with Crippen LogP contribution in [-0.2, 0) is 0 Å². The standard InChI is InChI=1S/C14H13Cl3FN/c1-19(2)9-3-4-10(13(18)7-9)11-5-8(15)6-12(16)14(11)17/h3-4,6-7,11H,5H2,1-2H3. The second-order valence-electron chi connectivity index (χ2n) is 4.64. The predicted molar refractivity (Wildman–Crippen MR) is 80.8 cm³/mol. The van der Waals surface area contributed by atoms with E-state index in [1.165, 1.54) is 6.07 Å². The van der Waals surface area contributed by atoms with Crippen LogP contribution in [0.1, 0.15) is 17.9 Å². The average Bonchev–Trinajstić information content (AvgIpc) is 2.33. The molecule has 1 atom stereocenters. The molecule has 0 bridgehead atoms. The van der Waals surface area contributed by atoms with Crippen LogP contribution in [0.2, 0.25) is 0 Å². The summed E-state index contributed by atoms with van der Waals surface area (Å²) in [4.78, 5) is 1.84. The number of anilines is 1. The molecule has 0 saturated heterocycles. The van der Waals surface area contributed by atoms with Crippen molar-refractivity contribution in [1.82, 2.24) is 0 Å². The number of benzene rings is 1. The molecule has 0 N–H and O–H groups in total. The lowest BCUT2D eigenvalue weighted by Crippen LogP contribution is -2.11. The van der Waals surface area contributed by atoms with Gasteiger partial charge in [-0.25, -0.2) is 4.39 Å². The van der Waals surface area contributed by atoms with Gasteiger partial charge in [0.15, 0.2) is 0 Å². The molecule has 1 unspecified atom stereocenters. The first-order valence-electron chi connectivity index (χ1n) is 5.78. The first-order valence-corrected chi connectivity index (χ1v) is 6.91. The van der Waals surface area contributed by atoms with Crippen LogP contribution in [0.4, 0.5) is 10.1 Å². The summed E-state index contributed by atoms with van der Waals surface area (Å²) in [5.41, 5.74) is 1.31. The van der Waals surface area contributed by atoms with Crippen molar-refractivity contribution < 1.29 is 4.39 Å². The third-order valence-corrected chi connectivity index (χ3v) is 4.23. The van der Waals surface area contributed by atoms with Crippen LogP contribution >= 0.6 is 34.8 Å². The molecule has 0 fully saturated rings. The molecule has 2 rings (SSSR count). The Morgan fingerprint density at radius 1 is 1.21 bits per heavy atom. The summed E-state index contributed by atoms with van der Waals surface area (Å²) < 4.78 is 14.2. The Bertz CT molecular complexity index is 564. The predicted octanol–water partition coefficient (Wildman–Crippen LogP) is 5.19. The zero-order valence-electron chi connectivity index (χ0n) is 10.6. The first kappa shape index (κ1) is 14.7. The van der Waals surface area contributed by atoms with E-state index in [0.29, 0.717) is 27.1 Å². The van der Waals surface area contributed by atoms with Crippen molar-refractivity contribution >= 4 is 40.5 Å². The van der Waals surface area contributed by atoms with E-state index in [1.54, 1.807) is 12.1 Å². The summed E-state index contributed by atoms with van der Waals surface area (Å²) in [5, 5.41) is 1.39. The molecule has 1 nitrogen and oxygen atoms in total. The molecule has 0 aliphatic heterocycles. The molecule has 1 aromatic rings. The number of rotatable bonds is 2. The van der Waals surface area contributed by atoms with Gasteiger partial charge in [-0.15, -0.1) is 0 Å². The fraction of sp³-hybridized carbons (Fsp3) is 0.286. The minimum atomic E-state index is -0.317. The lowest BCUT2D eigenvalue weighted by atomic mass is 9.91. The molecule has 0 heterocycles. The number of allylic oxidation sites excluding steroid dienone is 4. The minimum Gasteiger partial charge on any atom is -0.378 e. The molecule has 19 heavy (non-hydrogen) atoms. The van der Waals surface area contributed by atoms with Crippen LogP contribution in [0.15, 0.2) is 39.4 Å². The van der Waals surface area contributed by atoms with E-state index in [4.69, 9.17) is 34.8 Å². The third-order valence-electron chi connectivity index (χ3n) is 3.09. The maximum atomic E-state index is 14.2. The number of nitrogens with zero attached hydrogens (tertiary/aromatic N) is 1. The van der Waals surface area contributed by atoms with Gasteiger partial charge >= 0.3 is 0 Å². The molecule has 0 aromatic heterocycles. The fourth-order valence-corrected chi connectivity index (χ4v) is 2.87. The van der Waals surface area contributed by atoms with Crippen LogP contribution in [0.5, 0.6) is 0 Å². The SMILES string of the molecule is CN(C)c1ccc(C2CC(Cl)=CC(Cl)=C2Cl)c(F)c1. The van der Waals surface area contributed by atoms with Crippen LogP contribution in [-0.4, -0.2) is 14.1 Å². The van der Waals surface area contributed by atoms with Gasteiger partial charge in [-0.3, -0.25) is 0 Å². The summed E-state index contributed by atoms with van der Waals surface area (Å²) in [6.45, 7) is 0. The van der Waals surface area contributed by atoms with Gasteiger partial charge in [0.05, 0.1) is 5.03 Å². The lowest BCUT2D eigenvalue weighted by Gasteiger charge is -2.22. The van der Waals surface area contributed by atoms with Gasteiger partial charge in [0.25, 0.3) is 0 Å². The molecule has 5 heteroatoms. The van der Waals surface area contributed by atoms with Crippen molar-refractivity contribution in [3.63, 3.8) is 0 Å². The number of hydrogen-bond donors (Lipinski definition) is 0. The highest BCUT2D eigenvalue weighted by Gasteiger charge is 2.25. The molecular weight excluding hydrogens is 308 g/mol. The number of hydrogen-bond acceptors (Lipinski definition) is 1. The summed E-state index contributed by atoms with van der Waals surface area (Å²) >= 11 is 18.2. The van der Waals surface area contributed by atoms with Gasteiger partial charge in [0, 0.05) is 35.8 Å². The van der Waals surface area contributed by atoms with Crippen molar-refractivity contribution in [2.24, 2.45) is 0 Å². The third kappa shape index (κ3) is 3.07. The van der Waals surface area contributed by atoms with Crippen LogP contribution in [0.3, 0.4) is 0 Å². The molecule has 1 aliphatic carbocycles. The van der Waals surface area contributed by atoms with Gasteiger partial charge in [-0.2, -0.15) is 0 Å². The van der Waals surface area contributed by atoms with Crippen LogP contribution in [0.25, 0.3) is 0 Å². The van der Waals surface area contributed by atoms with Crippen molar-refractivity contribution in [2.75, 3.05) is 19.0 Å². The topological polar surface area (TPSA) is 3.24 Å². The lowest BCUT2D eigenvalue weighted by molar-refractivity contribution is 0.597. The monoisotopic (exact) mass is 319 g/mol. The van der Waals surface area contributed by atoms with Crippen molar-refractivity contribution in [1.29, 1.82) is 0 Å². The maximum absolute atomic E-state index is 14.2. The van der Waals surface area contributed by atoms with Crippen molar-refractivity contribution in [3.8, 4) is 0 Å². The highest BCUT2D eigenvalue weighted by atomic mass is 35.5. The summed E-state index contributed by atoms with van der Waals surface area (Å²) in [6.07, 6.45) is 2.07. The molecule has 0 amide bonds. The largest absolute Gasteiger partial charge is 0.378 e. The van der Waals surface area contributed by atoms with Crippen LogP contribution in [0, 0.1) is 5.82 Å².